The van der Waals surface area contributed by atoms with E-state index in [0.29, 0.717) is 24.3 Å². The van der Waals surface area contributed by atoms with Gasteiger partial charge in [-0.15, -0.1) is 0 Å². The number of carbonyl (C=O) groups is 3. The van der Waals surface area contributed by atoms with Gasteiger partial charge in [-0.3, -0.25) is 14.5 Å². The standard InChI is InChI=1S/C27H30N4O5/c1-18-7-4-5-8-20(18)17-31-23(26(33)28-14-15-30(2)3)24(36-27(31)34)19-10-12-21(13-11-19)29-25(32)22-9-6-16-35-22/h4-13,16,23-24H,14-15,17H2,1-3H3,(H,28,33)(H,29,32). The highest BCUT2D eigenvalue weighted by molar-refractivity contribution is 6.02. The normalized spacial score (nSPS) is 17.2. The van der Waals surface area contributed by atoms with E-state index in [9.17, 15) is 14.4 Å². The van der Waals surface area contributed by atoms with E-state index >= 15 is 0 Å². The van der Waals surface area contributed by atoms with Crippen LogP contribution in [0.25, 0.3) is 0 Å². The van der Waals surface area contributed by atoms with Crippen molar-refractivity contribution in [2.75, 3.05) is 32.5 Å². The zero-order chi connectivity index (χ0) is 25.7. The first-order chi connectivity index (χ1) is 17.3. The zero-order valence-corrected chi connectivity index (χ0v) is 20.6. The summed E-state index contributed by atoms with van der Waals surface area (Å²) in [5.41, 5.74) is 3.17. The number of benzene rings is 2. The van der Waals surface area contributed by atoms with Crippen LogP contribution in [0.15, 0.2) is 71.3 Å². The van der Waals surface area contributed by atoms with Gasteiger partial charge in [-0.25, -0.2) is 4.79 Å². The molecule has 9 heteroatoms. The smallest absolute Gasteiger partial charge is 0.411 e. The van der Waals surface area contributed by atoms with Crippen molar-refractivity contribution in [2.24, 2.45) is 0 Å². The zero-order valence-electron chi connectivity index (χ0n) is 20.6. The molecular formula is C27H30N4O5. The van der Waals surface area contributed by atoms with E-state index in [4.69, 9.17) is 9.15 Å². The molecule has 1 aliphatic heterocycles. The lowest BCUT2D eigenvalue weighted by Crippen LogP contribution is -2.47. The van der Waals surface area contributed by atoms with E-state index < -0.39 is 18.2 Å². The number of aryl methyl sites for hydroxylation is 1. The number of nitrogens with one attached hydrogen (secondary N) is 2. The number of hydrogen-bond donors (Lipinski definition) is 2. The van der Waals surface area contributed by atoms with Gasteiger partial charge in [-0.1, -0.05) is 36.4 Å². The lowest BCUT2D eigenvalue weighted by molar-refractivity contribution is -0.126. The van der Waals surface area contributed by atoms with Crippen LogP contribution in [0.2, 0.25) is 0 Å². The lowest BCUT2D eigenvalue weighted by atomic mass is 9.99. The van der Waals surface area contributed by atoms with Crippen molar-refractivity contribution in [1.82, 2.24) is 15.1 Å². The van der Waals surface area contributed by atoms with Gasteiger partial charge in [-0.05, 0) is 62.0 Å². The van der Waals surface area contributed by atoms with Gasteiger partial charge in [0, 0.05) is 18.8 Å². The van der Waals surface area contributed by atoms with Crippen LogP contribution in [0.3, 0.4) is 0 Å². The topological polar surface area (TPSA) is 104 Å². The number of hydrogen-bond acceptors (Lipinski definition) is 6. The van der Waals surface area contributed by atoms with Crippen molar-refractivity contribution in [3.63, 3.8) is 0 Å². The molecule has 0 spiro atoms. The quantitative estimate of drug-likeness (QED) is 0.475. The Morgan fingerprint density at radius 3 is 2.44 bits per heavy atom. The first-order valence-electron chi connectivity index (χ1n) is 11.7. The summed E-state index contributed by atoms with van der Waals surface area (Å²) >= 11 is 0. The van der Waals surface area contributed by atoms with Gasteiger partial charge in [0.05, 0.1) is 12.8 Å². The Hall–Kier alpha value is -4.11. The molecule has 1 saturated heterocycles. The number of nitrogens with zero attached hydrogens (tertiary/aromatic N) is 2. The fourth-order valence-corrected chi connectivity index (χ4v) is 4.04. The van der Waals surface area contributed by atoms with Crippen molar-refractivity contribution < 1.29 is 23.5 Å². The molecule has 9 nitrogen and oxygen atoms in total. The second-order valence-corrected chi connectivity index (χ2v) is 8.95. The van der Waals surface area contributed by atoms with E-state index in [-0.39, 0.29) is 24.1 Å². The molecule has 1 aromatic heterocycles. The van der Waals surface area contributed by atoms with Crippen molar-refractivity contribution in [3.8, 4) is 0 Å². The first-order valence-corrected chi connectivity index (χ1v) is 11.7. The lowest BCUT2D eigenvalue weighted by Gasteiger charge is -2.25. The van der Waals surface area contributed by atoms with E-state index in [1.165, 1.54) is 11.2 Å². The summed E-state index contributed by atoms with van der Waals surface area (Å²) in [7, 11) is 3.85. The molecule has 0 aliphatic carbocycles. The Balaban J connectivity index is 1.55. The van der Waals surface area contributed by atoms with Crippen LogP contribution < -0.4 is 10.6 Å². The molecule has 2 atom stereocenters. The van der Waals surface area contributed by atoms with Crippen LogP contribution in [-0.4, -0.2) is 60.9 Å². The highest BCUT2D eigenvalue weighted by Gasteiger charge is 2.47. The number of amides is 3. The molecule has 2 unspecified atom stereocenters. The molecular weight excluding hydrogens is 460 g/mol. The van der Waals surface area contributed by atoms with Crippen molar-refractivity contribution in [2.45, 2.75) is 25.6 Å². The minimum atomic E-state index is -0.845. The summed E-state index contributed by atoms with van der Waals surface area (Å²) in [6.07, 6.45) is 0.0840. The second kappa shape index (κ2) is 11.1. The minimum Gasteiger partial charge on any atom is -0.459 e. The highest BCUT2D eigenvalue weighted by Crippen LogP contribution is 2.35. The third kappa shape index (κ3) is 5.75. The number of carbonyl (C=O) groups excluding carboxylic acids is 3. The third-order valence-electron chi connectivity index (χ3n) is 6.06. The van der Waals surface area contributed by atoms with Gasteiger partial charge < -0.3 is 24.7 Å². The van der Waals surface area contributed by atoms with Gasteiger partial charge in [-0.2, -0.15) is 0 Å². The van der Waals surface area contributed by atoms with E-state index in [2.05, 4.69) is 10.6 Å². The van der Waals surface area contributed by atoms with Crippen LogP contribution in [0.5, 0.6) is 0 Å². The Kier molecular flexibility index (Phi) is 7.70. The molecule has 36 heavy (non-hydrogen) atoms. The van der Waals surface area contributed by atoms with Crippen molar-refractivity contribution in [3.05, 3.63) is 89.4 Å². The molecule has 188 valence electrons. The maximum absolute atomic E-state index is 13.3. The van der Waals surface area contributed by atoms with Crippen LogP contribution >= 0.6 is 0 Å². The van der Waals surface area contributed by atoms with Crippen LogP contribution in [0.4, 0.5) is 10.5 Å². The molecule has 2 aromatic carbocycles. The Morgan fingerprint density at radius 2 is 1.78 bits per heavy atom. The average molecular weight is 491 g/mol. The van der Waals surface area contributed by atoms with E-state index in [0.717, 1.165) is 11.1 Å². The molecule has 2 N–H and O–H groups in total. The van der Waals surface area contributed by atoms with E-state index in [1.54, 1.807) is 36.4 Å². The molecule has 4 rings (SSSR count). The Labute approximate surface area is 210 Å². The molecule has 3 amide bonds. The monoisotopic (exact) mass is 490 g/mol. The molecule has 1 fully saturated rings. The predicted octanol–water partition coefficient (Wildman–Crippen LogP) is 3.58. The number of anilines is 1. The fraction of sp³-hybridized carbons (Fsp3) is 0.296. The maximum atomic E-state index is 13.3. The van der Waals surface area contributed by atoms with Crippen LogP contribution in [-0.2, 0) is 16.1 Å². The summed E-state index contributed by atoms with van der Waals surface area (Å²) in [4.78, 5) is 42.0. The second-order valence-electron chi connectivity index (χ2n) is 8.95. The largest absolute Gasteiger partial charge is 0.459 e. The number of likely N-dealkylation sites (N-methyl/N-ethyl adjacent to an activating group) is 1. The third-order valence-corrected chi connectivity index (χ3v) is 6.06. The predicted molar refractivity (Wildman–Crippen MR) is 134 cm³/mol. The Morgan fingerprint density at radius 1 is 1.03 bits per heavy atom. The number of ether oxygens (including phenoxy) is 1. The number of cyclic esters (lactones) is 1. The molecule has 1 aliphatic rings. The summed E-state index contributed by atoms with van der Waals surface area (Å²) in [5, 5.41) is 5.69. The summed E-state index contributed by atoms with van der Waals surface area (Å²) in [5.74, 6) is -0.454. The van der Waals surface area contributed by atoms with Crippen LogP contribution in [0.1, 0.15) is 33.3 Å². The molecule has 0 bridgehead atoms. The minimum absolute atomic E-state index is 0.199. The Bertz CT molecular complexity index is 1210. The van der Waals surface area contributed by atoms with Gasteiger partial charge >= 0.3 is 6.09 Å². The average Bonchev–Trinajstić information content (AvgIpc) is 3.50. The van der Waals surface area contributed by atoms with Gasteiger partial charge in [0.1, 0.15) is 0 Å². The number of rotatable bonds is 9. The highest BCUT2D eigenvalue weighted by atomic mass is 16.6. The van der Waals surface area contributed by atoms with E-state index in [1.807, 2.05) is 50.2 Å². The summed E-state index contributed by atoms with van der Waals surface area (Å²) in [6, 6.07) is 17.0. The van der Waals surface area contributed by atoms with Gasteiger partial charge in [0.25, 0.3) is 5.91 Å². The van der Waals surface area contributed by atoms with Crippen LogP contribution in [0, 0.1) is 6.92 Å². The number of furan rings is 1. The SMILES string of the molecule is Cc1ccccc1CN1C(=O)OC(c2ccc(NC(=O)c3ccco3)cc2)C1C(=O)NCCN(C)C. The molecule has 0 saturated carbocycles. The molecule has 2 heterocycles. The maximum Gasteiger partial charge on any atom is 0.411 e. The first kappa shape index (κ1) is 25.0. The molecule has 3 aromatic rings. The van der Waals surface area contributed by atoms with Gasteiger partial charge in [0.15, 0.2) is 17.9 Å². The summed E-state index contributed by atoms with van der Waals surface area (Å²) in [6.45, 7) is 3.33. The van der Waals surface area contributed by atoms with Gasteiger partial charge in [0.2, 0.25) is 5.91 Å². The van der Waals surface area contributed by atoms with Crippen molar-refractivity contribution in [1.29, 1.82) is 0 Å². The van der Waals surface area contributed by atoms with Crippen molar-refractivity contribution >= 4 is 23.6 Å². The fourth-order valence-electron chi connectivity index (χ4n) is 4.04. The molecule has 0 radical (unpaired) electrons. The summed E-state index contributed by atoms with van der Waals surface area (Å²) < 4.78 is 10.8.